The Morgan fingerprint density at radius 3 is 2.58 bits per heavy atom. The average molecular weight is 343 g/mol. The topological polar surface area (TPSA) is 36.9 Å². The molecule has 0 aromatic heterocycles. The zero-order valence-corrected chi connectivity index (χ0v) is 14.1. The first-order chi connectivity index (χ1) is 11.4. The van der Waals surface area contributed by atoms with Gasteiger partial charge in [-0.15, -0.1) is 0 Å². The van der Waals surface area contributed by atoms with Gasteiger partial charge in [0.2, 0.25) is 0 Å². The van der Waals surface area contributed by atoms with Crippen molar-refractivity contribution in [1.29, 1.82) is 0 Å². The molecule has 1 atom stereocenters. The highest BCUT2D eigenvalue weighted by atomic mass is 19.4. The second-order valence-corrected chi connectivity index (χ2v) is 5.95. The van der Waals surface area contributed by atoms with Gasteiger partial charge in [-0.1, -0.05) is 12.1 Å². The number of hydrogen-bond acceptors (Lipinski definition) is 2. The van der Waals surface area contributed by atoms with Gasteiger partial charge >= 0.3 is 6.18 Å². The number of aliphatic imine (C=N–C) groups is 1. The van der Waals surface area contributed by atoms with Gasteiger partial charge in [0.05, 0.1) is 11.7 Å². The number of guanidine groups is 1. The van der Waals surface area contributed by atoms with E-state index in [9.17, 15) is 13.2 Å². The lowest BCUT2D eigenvalue weighted by atomic mass is 10.1. The fourth-order valence-electron chi connectivity index (χ4n) is 2.75. The van der Waals surface area contributed by atoms with Gasteiger partial charge in [-0.25, -0.2) is 0 Å². The van der Waals surface area contributed by atoms with E-state index in [0.717, 1.165) is 50.1 Å². The molecule has 0 bridgehead atoms. The van der Waals surface area contributed by atoms with E-state index in [1.165, 1.54) is 12.1 Å². The third-order valence-electron chi connectivity index (χ3n) is 4.05. The zero-order valence-electron chi connectivity index (χ0n) is 14.1. The van der Waals surface area contributed by atoms with Crippen LogP contribution in [-0.4, -0.2) is 44.2 Å². The van der Waals surface area contributed by atoms with Crippen LogP contribution in [0.15, 0.2) is 29.3 Å². The van der Waals surface area contributed by atoms with Crippen molar-refractivity contribution in [2.75, 3.05) is 27.2 Å². The molecular formula is C17H24F3N3O. The first-order valence-corrected chi connectivity index (χ1v) is 8.09. The van der Waals surface area contributed by atoms with Crippen LogP contribution in [0.1, 0.15) is 30.4 Å². The van der Waals surface area contributed by atoms with Crippen molar-refractivity contribution in [3.63, 3.8) is 0 Å². The Hall–Kier alpha value is -1.76. The average Bonchev–Trinajstić information content (AvgIpc) is 3.04. The fraction of sp³-hybridized carbons (Fsp3) is 0.588. The Morgan fingerprint density at radius 1 is 1.33 bits per heavy atom. The molecule has 24 heavy (non-hydrogen) atoms. The third-order valence-corrected chi connectivity index (χ3v) is 4.05. The molecule has 1 heterocycles. The molecule has 1 aliphatic heterocycles. The van der Waals surface area contributed by atoms with Gasteiger partial charge in [0.1, 0.15) is 0 Å². The van der Waals surface area contributed by atoms with Crippen molar-refractivity contribution in [2.24, 2.45) is 4.99 Å². The quantitative estimate of drug-likeness (QED) is 0.658. The minimum atomic E-state index is -4.30. The molecule has 134 valence electrons. The SMILES string of the molecule is CN=C(NCCC1CCCO1)N(C)Cc1ccc(C(F)(F)F)cc1. The van der Waals surface area contributed by atoms with Gasteiger partial charge in [-0.05, 0) is 37.0 Å². The normalized spacial score (nSPS) is 18.7. The Morgan fingerprint density at radius 2 is 2.04 bits per heavy atom. The molecule has 2 rings (SSSR count). The standard InChI is InChI=1S/C17H24F3N3O/c1-21-16(22-10-9-15-4-3-11-24-15)23(2)12-13-5-7-14(8-6-13)17(18,19)20/h5-8,15H,3-4,9-12H2,1-2H3,(H,21,22). The molecule has 0 saturated carbocycles. The molecule has 1 unspecified atom stereocenters. The van der Waals surface area contributed by atoms with Gasteiger partial charge in [0, 0.05) is 33.8 Å². The van der Waals surface area contributed by atoms with Crippen molar-refractivity contribution in [3.05, 3.63) is 35.4 Å². The molecule has 0 radical (unpaired) electrons. The van der Waals surface area contributed by atoms with E-state index in [-0.39, 0.29) is 0 Å². The lowest BCUT2D eigenvalue weighted by molar-refractivity contribution is -0.137. The number of benzene rings is 1. The molecule has 0 amide bonds. The summed E-state index contributed by atoms with van der Waals surface area (Å²) >= 11 is 0. The summed E-state index contributed by atoms with van der Waals surface area (Å²) in [6.07, 6.45) is -0.845. The number of ether oxygens (including phenoxy) is 1. The van der Waals surface area contributed by atoms with Crippen LogP contribution >= 0.6 is 0 Å². The summed E-state index contributed by atoms with van der Waals surface area (Å²) in [5.74, 6) is 0.716. The van der Waals surface area contributed by atoms with Crippen molar-refractivity contribution in [2.45, 2.75) is 38.1 Å². The second-order valence-electron chi connectivity index (χ2n) is 5.95. The maximum atomic E-state index is 12.6. The summed E-state index contributed by atoms with van der Waals surface area (Å²) in [7, 11) is 3.55. The Labute approximate surface area is 140 Å². The van der Waals surface area contributed by atoms with E-state index in [1.807, 2.05) is 11.9 Å². The summed E-state index contributed by atoms with van der Waals surface area (Å²) in [4.78, 5) is 6.10. The van der Waals surface area contributed by atoms with Crippen molar-refractivity contribution < 1.29 is 17.9 Å². The smallest absolute Gasteiger partial charge is 0.378 e. The van der Waals surface area contributed by atoms with Crippen molar-refractivity contribution in [1.82, 2.24) is 10.2 Å². The predicted octanol–water partition coefficient (Wildman–Crippen LogP) is 3.28. The molecule has 0 spiro atoms. The monoisotopic (exact) mass is 343 g/mol. The number of alkyl halides is 3. The molecule has 4 nitrogen and oxygen atoms in total. The summed E-state index contributed by atoms with van der Waals surface area (Å²) in [5.41, 5.74) is 0.167. The van der Waals surface area contributed by atoms with Gasteiger partial charge in [0.15, 0.2) is 5.96 Å². The van der Waals surface area contributed by atoms with Crippen LogP contribution in [0.25, 0.3) is 0 Å². The Kier molecular flexibility index (Phi) is 6.48. The second kappa shape index (κ2) is 8.37. The Balaban J connectivity index is 1.83. The molecule has 1 aliphatic rings. The van der Waals surface area contributed by atoms with Crippen LogP contribution in [0.2, 0.25) is 0 Å². The van der Waals surface area contributed by atoms with Gasteiger partial charge in [-0.3, -0.25) is 4.99 Å². The van der Waals surface area contributed by atoms with Crippen LogP contribution in [0.5, 0.6) is 0 Å². The van der Waals surface area contributed by atoms with E-state index in [1.54, 1.807) is 7.05 Å². The highest BCUT2D eigenvalue weighted by Crippen LogP contribution is 2.29. The molecule has 1 aromatic rings. The lowest BCUT2D eigenvalue weighted by Gasteiger charge is -2.23. The minimum absolute atomic E-state index is 0.316. The Bertz CT molecular complexity index is 537. The van der Waals surface area contributed by atoms with Crippen molar-refractivity contribution >= 4 is 5.96 Å². The summed E-state index contributed by atoms with van der Waals surface area (Å²) in [5, 5.41) is 3.27. The third kappa shape index (κ3) is 5.40. The molecule has 1 N–H and O–H groups in total. The van der Waals surface area contributed by atoms with E-state index >= 15 is 0 Å². The van der Waals surface area contributed by atoms with Crippen LogP contribution in [-0.2, 0) is 17.5 Å². The first kappa shape index (κ1) is 18.6. The van der Waals surface area contributed by atoms with E-state index in [4.69, 9.17) is 4.74 Å². The lowest BCUT2D eigenvalue weighted by Crippen LogP contribution is -2.39. The van der Waals surface area contributed by atoms with Gasteiger partial charge < -0.3 is 15.0 Å². The molecule has 1 fully saturated rings. The molecular weight excluding hydrogens is 319 g/mol. The van der Waals surface area contributed by atoms with Crippen LogP contribution in [0, 0.1) is 0 Å². The zero-order chi connectivity index (χ0) is 17.6. The molecule has 1 saturated heterocycles. The van der Waals surface area contributed by atoms with Crippen LogP contribution < -0.4 is 5.32 Å². The maximum Gasteiger partial charge on any atom is 0.416 e. The number of halogens is 3. The predicted molar refractivity (Wildman–Crippen MR) is 87.9 cm³/mol. The van der Waals surface area contributed by atoms with Gasteiger partial charge in [0.25, 0.3) is 0 Å². The maximum absolute atomic E-state index is 12.6. The number of nitrogens with zero attached hydrogens (tertiary/aromatic N) is 2. The summed E-state index contributed by atoms with van der Waals surface area (Å²) in [6.45, 7) is 2.08. The molecule has 1 aromatic carbocycles. The van der Waals surface area contributed by atoms with E-state index in [0.29, 0.717) is 18.6 Å². The number of rotatable bonds is 5. The van der Waals surface area contributed by atoms with Crippen LogP contribution in [0.3, 0.4) is 0 Å². The number of hydrogen-bond donors (Lipinski definition) is 1. The minimum Gasteiger partial charge on any atom is -0.378 e. The van der Waals surface area contributed by atoms with E-state index in [2.05, 4.69) is 10.3 Å². The first-order valence-electron chi connectivity index (χ1n) is 8.09. The highest BCUT2D eigenvalue weighted by molar-refractivity contribution is 5.79. The van der Waals surface area contributed by atoms with Gasteiger partial charge in [-0.2, -0.15) is 13.2 Å². The molecule has 0 aliphatic carbocycles. The largest absolute Gasteiger partial charge is 0.416 e. The van der Waals surface area contributed by atoms with Crippen molar-refractivity contribution in [3.8, 4) is 0 Å². The number of nitrogens with one attached hydrogen (secondary N) is 1. The highest BCUT2D eigenvalue weighted by Gasteiger charge is 2.29. The van der Waals surface area contributed by atoms with E-state index < -0.39 is 11.7 Å². The fourth-order valence-corrected chi connectivity index (χ4v) is 2.75. The summed E-state index contributed by atoms with van der Waals surface area (Å²) < 4.78 is 43.3. The molecule has 7 heteroatoms. The summed E-state index contributed by atoms with van der Waals surface area (Å²) in [6, 6.07) is 5.21. The van der Waals surface area contributed by atoms with Crippen LogP contribution in [0.4, 0.5) is 13.2 Å².